The van der Waals surface area contributed by atoms with Gasteiger partial charge in [-0.3, -0.25) is 0 Å². The highest BCUT2D eigenvalue weighted by molar-refractivity contribution is 5.84. The minimum Gasteiger partial charge on any atom is -0.478 e. The molecule has 0 fully saturated rings. The van der Waals surface area contributed by atoms with Crippen LogP contribution in [0.1, 0.15) is 6.92 Å². The van der Waals surface area contributed by atoms with Crippen molar-refractivity contribution in [2.45, 2.75) is 6.92 Å². The molecule has 0 heterocycles. The quantitative estimate of drug-likeness (QED) is 0.301. The first-order valence-corrected chi connectivity index (χ1v) is 7.44. The first-order valence-electron chi connectivity index (χ1n) is 7.44. The average molecular weight is 384 g/mol. The van der Waals surface area contributed by atoms with Crippen molar-refractivity contribution in [1.82, 2.24) is 0 Å². The average Bonchev–Trinajstić information content (AvgIpc) is 2.67. The molecule has 9 heteroatoms. The summed E-state index contributed by atoms with van der Waals surface area (Å²) < 4.78 is 14.5. The monoisotopic (exact) mass is 384 g/mol. The van der Waals surface area contributed by atoms with E-state index in [0.717, 1.165) is 18.2 Å². The van der Waals surface area contributed by atoms with Crippen molar-refractivity contribution in [2.24, 2.45) is 5.41 Å². The van der Waals surface area contributed by atoms with Crippen molar-refractivity contribution in [3.8, 4) is 0 Å². The van der Waals surface area contributed by atoms with Crippen molar-refractivity contribution >= 4 is 23.9 Å². The van der Waals surface area contributed by atoms with Crippen LogP contribution in [0.25, 0.3) is 0 Å². The van der Waals surface area contributed by atoms with Crippen molar-refractivity contribution in [2.75, 3.05) is 26.4 Å². The van der Waals surface area contributed by atoms with Crippen molar-refractivity contribution in [1.29, 1.82) is 0 Å². The molecule has 27 heavy (non-hydrogen) atoms. The fourth-order valence-corrected chi connectivity index (χ4v) is 1.11. The maximum Gasteiger partial charge on any atom is 0.330 e. The van der Waals surface area contributed by atoms with E-state index in [2.05, 4.69) is 26.3 Å². The number of carboxylic acid groups (broad SMARTS) is 1. The Kier molecular flexibility index (Phi) is 13.5. The molecule has 0 unspecified atom stereocenters. The summed E-state index contributed by atoms with van der Waals surface area (Å²) in [6.45, 7) is 12.7. The van der Waals surface area contributed by atoms with E-state index in [1.807, 2.05) is 0 Å². The summed E-state index contributed by atoms with van der Waals surface area (Å²) in [5.74, 6) is -3.11. The summed E-state index contributed by atoms with van der Waals surface area (Å²) in [5, 5.41) is 17.4. The van der Waals surface area contributed by atoms with Gasteiger partial charge in [0.15, 0.2) is 0 Å². The normalized spacial score (nSPS) is 9.56. The molecule has 0 aromatic heterocycles. The number of carboxylic acids is 1. The van der Waals surface area contributed by atoms with Gasteiger partial charge in [-0.1, -0.05) is 26.3 Å². The number of rotatable bonds is 11. The van der Waals surface area contributed by atoms with Gasteiger partial charge in [0.25, 0.3) is 0 Å². The summed E-state index contributed by atoms with van der Waals surface area (Å²) in [5.41, 5.74) is -1.11. The van der Waals surface area contributed by atoms with E-state index in [9.17, 15) is 24.3 Å². The first kappa shape index (κ1) is 26.0. The number of carbonyl (C=O) groups is 4. The number of hydrogen-bond donors (Lipinski definition) is 2. The van der Waals surface area contributed by atoms with Crippen LogP contribution in [-0.4, -0.2) is 60.5 Å². The Balaban J connectivity index is 0. The lowest BCUT2D eigenvalue weighted by Crippen LogP contribution is -2.42. The molecule has 9 nitrogen and oxygen atoms in total. The second kappa shape index (κ2) is 14.0. The van der Waals surface area contributed by atoms with E-state index in [0.29, 0.717) is 0 Å². The Bertz CT molecular complexity index is 518. The second-order valence-corrected chi connectivity index (χ2v) is 5.18. The minimum absolute atomic E-state index is 0.176. The number of carbonyl (C=O) groups excluding carboxylic acids is 3. The lowest BCUT2D eigenvalue weighted by Gasteiger charge is -2.29. The number of ether oxygens (including phenoxy) is 3. The van der Waals surface area contributed by atoms with Gasteiger partial charge in [0.1, 0.15) is 19.8 Å². The summed E-state index contributed by atoms with van der Waals surface area (Å²) >= 11 is 0. The fraction of sp³-hybridized carbons (Fsp3) is 0.333. The molecule has 0 atom stereocenters. The number of esters is 3. The maximum atomic E-state index is 11.1. The van der Waals surface area contributed by atoms with Gasteiger partial charge in [-0.15, -0.1) is 0 Å². The van der Waals surface area contributed by atoms with Crippen molar-refractivity contribution in [3.63, 3.8) is 0 Å². The molecule has 0 spiro atoms. The zero-order valence-electron chi connectivity index (χ0n) is 15.1. The topological polar surface area (TPSA) is 136 Å². The first-order chi connectivity index (χ1) is 12.6. The third-order valence-electron chi connectivity index (χ3n) is 2.76. The van der Waals surface area contributed by atoms with Crippen LogP contribution in [0.3, 0.4) is 0 Å². The number of aliphatic hydroxyl groups is 1. The summed E-state index contributed by atoms with van der Waals surface area (Å²) in [6.07, 6.45) is 2.81. The zero-order chi connectivity index (χ0) is 21.5. The minimum atomic E-state index is -1.28. The van der Waals surface area contributed by atoms with Crippen LogP contribution in [0.2, 0.25) is 0 Å². The van der Waals surface area contributed by atoms with E-state index in [1.54, 1.807) is 0 Å². The molecule has 0 aromatic rings. The molecule has 0 aromatic carbocycles. The van der Waals surface area contributed by atoms with Crippen LogP contribution in [0.5, 0.6) is 0 Å². The van der Waals surface area contributed by atoms with Gasteiger partial charge >= 0.3 is 23.9 Å². The Hall–Kier alpha value is -3.20. The molecular formula is C18H24O9. The van der Waals surface area contributed by atoms with Crippen LogP contribution in [0.15, 0.2) is 50.1 Å². The van der Waals surface area contributed by atoms with Gasteiger partial charge in [0, 0.05) is 23.8 Å². The molecule has 0 aliphatic carbocycles. The van der Waals surface area contributed by atoms with Crippen molar-refractivity contribution < 1.29 is 43.6 Å². The smallest absolute Gasteiger partial charge is 0.330 e. The third-order valence-corrected chi connectivity index (χ3v) is 2.76. The van der Waals surface area contributed by atoms with Gasteiger partial charge < -0.3 is 24.4 Å². The molecule has 150 valence electrons. The SMILES string of the molecule is C=C(C)C(=O)O.C=CC(=O)OCC(CO)(COC(=O)C=C)COC(=O)C=C. The highest BCUT2D eigenvalue weighted by atomic mass is 16.6. The highest BCUT2D eigenvalue weighted by Crippen LogP contribution is 2.19. The number of aliphatic carboxylic acids is 1. The summed E-state index contributed by atoms with van der Waals surface area (Å²) in [7, 11) is 0. The Morgan fingerprint density at radius 3 is 1.26 bits per heavy atom. The Morgan fingerprint density at radius 2 is 1.11 bits per heavy atom. The van der Waals surface area contributed by atoms with E-state index in [-0.39, 0.29) is 25.4 Å². The predicted octanol–water partition coefficient (Wildman–Crippen LogP) is 0.800. The second-order valence-electron chi connectivity index (χ2n) is 5.18. The molecule has 0 saturated carbocycles. The third kappa shape index (κ3) is 12.8. The molecule has 0 amide bonds. The molecular weight excluding hydrogens is 360 g/mol. The van der Waals surface area contributed by atoms with Gasteiger partial charge in [0.2, 0.25) is 0 Å². The van der Waals surface area contributed by atoms with Gasteiger partial charge in [-0.25, -0.2) is 19.2 Å². The number of hydrogen-bond acceptors (Lipinski definition) is 8. The van der Waals surface area contributed by atoms with E-state index in [1.165, 1.54) is 6.92 Å². The van der Waals surface area contributed by atoms with Gasteiger partial charge in [-0.05, 0) is 6.92 Å². The standard InChI is InChI=1S/C14H18O7.C4H6O2/c1-4-11(16)19-8-14(7-15,9-20-12(17)5-2)10-21-13(18)6-3;1-3(2)4(5)6/h4-6,15H,1-3,7-10H2;1H2,2H3,(H,5,6). The van der Waals surface area contributed by atoms with E-state index < -0.39 is 35.9 Å². The Morgan fingerprint density at radius 1 is 0.852 bits per heavy atom. The molecule has 0 aliphatic heterocycles. The molecule has 0 bridgehead atoms. The fourth-order valence-electron chi connectivity index (χ4n) is 1.11. The van der Waals surface area contributed by atoms with Gasteiger partial charge in [-0.2, -0.15) is 0 Å². The van der Waals surface area contributed by atoms with Crippen LogP contribution >= 0.6 is 0 Å². The van der Waals surface area contributed by atoms with Crippen LogP contribution in [0.4, 0.5) is 0 Å². The van der Waals surface area contributed by atoms with Crippen LogP contribution in [-0.2, 0) is 33.4 Å². The van der Waals surface area contributed by atoms with Crippen LogP contribution < -0.4 is 0 Å². The van der Waals surface area contributed by atoms with Gasteiger partial charge in [0.05, 0.1) is 12.0 Å². The van der Waals surface area contributed by atoms with Crippen LogP contribution in [0, 0.1) is 5.41 Å². The molecule has 0 aliphatic rings. The summed E-state index contributed by atoms with van der Waals surface area (Å²) in [4.78, 5) is 42.9. The Labute approximate surface area is 157 Å². The summed E-state index contributed by atoms with van der Waals surface area (Å²) in [6, 6.07) is 0. The maximum absolute atomic E-state index is 11.1. The largest absolute Gasteiger partial charge is 0.478 e. The lowest BCUT2D eigenvalue weighted by molar-refractivity contribution is -0.159. The highest BCUT2D eigenvalue weighted by Gasteiger charge is 2.35. The molecule has 0 radical (unpaired) electrons. The number of aliphatic hydroxyl groups excluding tert-OH is 1. The predicted molar refractivity (Wildman–Crippen MR) is 95.4 cm³/mol. The molecule has 2 N–H and O–H groups in total. The van der Waals surface area contributed by atoms with Crippen molar-refractivity contribution in [3.05, 3.63) is 50.1 Å². The lowest BCUT2D eigenvalue weighted by atomic mass is 9.92. The van der Waals surface area contributed by atoms with E-state index >= 15 is 0 Å². The zero-order valence-corrected chi connectivity index (χ0v) is 15.1. The van der Waals surface area contributed by atoms with E-state index in [4.69, 9.17) is 19.3 Å². The molecule has 0 rings (SSSR count). The molecule has 0 saturated heterocycles.